The average molecular weight is 234 g/mol. The van der Waals surface area contributed by atoms with Gasteiger partial charge in [0.1, 0.15) is 17.7 Å². The molecule has 4 nitrogen and oxygen atoms in total. The lowest BCUT2D eigenvalue weighted by atomic mass is 10.1. The summed E-state index contributed by atoms with van der Waals surface area (Å²) in [6.45, 7) is 0. The van der Waals surface area contributed by atoms with Gasteiger partial charge in [0.25, 0.3) is 0 Å². The lowest BCUT2D eigenvalue weighted by Crippen LogP contribution is -2.02. The van der Waals surface area contributed by atoms with Crippen molar-refractivity contribution in [1.82, 2.24) is 9.97 Å². The third-order valence-electron chi connectivity index (χ3n) is 2.33. The summed E-state index contributed by atoms with van der Waals surface area (Å²) in [4.78, 5) is 7.61. The zero-order valence-corrected chi connectivity index (χ0v) is 9.17. The summed E-state index contributed by atoms with van der Waals surface area (Å²) in [5.74, 6) is 0.0447. The van der Waals surface area contributed by atoms with Gasteiger partial charge in [0.05, 0.1) is 19.5 Å². The van der Waals surface area contributed by atoms with Gasteiger partial charge in [-0.3, -0.25) is 9.97 Å². The Morgan fingerprint density at radius 3 is 2.41 bits per heavy atom. The van der Waals surface area contributed by atoms with Gasteiger partial charge >= 0.3 is 0 Å². The molecule has 0 aliphatic rings. The molecule has 5 heteroatoms. The van der Waals surface area contributed by atoms with Crippen LogP contribution in [0.2, 0.25) is 0 Å². The summed E-state index contributed by atoms with van der Waals surface area (Å²) in [5, 5.41) is 10.0. The van der Waals surface area contributed by atoms with Crippen molar-refractivity contribution in [3.05, 3.63) is 53.9 Å². The van der Waals surface area contributed by atoms with Crippen LogP contribution in [0.1, 0.15) is 17.2 Å². The second-order valence-electron chi connectivity index (χ2n) is 3.50. The maximum atomic E-state index is 13.0. The highest BCUT2D eigenvalue weighted by Crippen LogP contribution is 2.23. The number of aromatic nitrogens is 2. The van der Waals surface area contributed by atoms with Crippen molar-refractivity contribution < 1.29 is 14.2 Å². The first-order valence-electron chi connectivity index (χ1n) is 4.98. The minimum absolute atomic E-state index is 0.375. The molecule has 0 aliphatic carbocycles. The second-order valence-corrected chi connectivity index (χ2v) is 3.50. The molecule has 0 saturated heterocycles. The first-order valence-corrected chi connectivity index (χ1v) is 4.98. The van der Waals surface area contributed by atoms with Crippen LogP contribution >= 0.6 is 0 Å². The van der Waals surface area contributed by atoms with Crippen molar-refractivity contribution in [3.63, 3.8) is 0 Å². The van der Waals surface area contributed by atoms with E-state index < -0.39 is 11.9 Å². The maximum absolute atomic E-state index is 13.0. The SMILES string of the molecule is COc1cncc(C(O)c2cncc(F)c2)c1. The predicted octanol–water partition coefficient (Wildman–Crippen LogP) is 1.71. The molecule has 88 valence electrons. The van der Waals surface area contributed by atoms with Crippen LogP contribution < -0.4 is 4.74 Å². The van der Waals surface area contributed by atoms with Gasteiger partial charge in [0.15, 0.2) is 0 Å². The van der Waals surface area contributed by atoms with Crippen molar-refractivity contribution in [3.8, 4) is 5.75 Å². The van der Waals surface area contributed by atoms with Crippen LogP contribution in [0.3, 0.4) is 0 Å². The molecule has 1 unspecified atom stereocenters. The van der Waals surface area contributed by atoms with Gasteiger partial charge < -0.3 is 9.84 Å². The third kappa shape index (κ3) is 2.57. The van der Waals surface area contributed by atoms with E-state index in [1.165, 1.54) is 31.8 Å². The van der Waals surface area contributed by atoms with E-state index >= 15 is 0 Å². The predicted molar refractivity (Wildman–Crippen MR) is 59.0 cm³/mol. The number of hydrogen-bond acceptors (Lipinski definition) is 4. The fourth-order valence-corrected chi connectivity index (χ4v) is 1.47. The van der Waals surface area contributed by atoms with E-state index in [0.717, 1.165) is 6.20 Å². The van der Waals surface area contributed by atoms with Crippen LogP contribution in [0.15, 0.2) is 36.9 Å². The number of pyridine rings is 2. The molecule has 0 aromatic carbocycles. The quantitative estimate of drug-likeness (QED) is 0.878. The van der Waals surface area contributed by atoms with Gasteiger partial charge in [0, 0.05) is 23.5 Å². The molecule has 0 amide bonds. The Morgan fingerprint density at radius 1 is 1.12 bits per heavy atom. The van der Waals surface area contributed by atoms with Crippen molar-refractivity contribution in [1.29, 1.82) is 0 Å². The molecule has 2 aromatic rings. The lowest BCUT2D eigenvalue weighted by molar-refractivity contribution is 0.218. The number of methoxy groups -OCH3 is 1. The smallest absolute Gasteiger partial charge is 0.141 e. The largest absolute Gasteiger partial charge is 0.495 e. The Balaban J connectivity index is 2.33. The van der Waals surface area contributed by atoms with Gasteiger partial charge in [-0.15, -0.1) is 0 Å². The standard InChI is InChI=1S/C12H11FN2O2/c1-17-11-3-9(5-15-7-11)12(16)8-2-10(13)6-14-4-8/h2-7,12,16H,1H3. The minimum Gasteiger partial charge on any atom is -0.495 e. The molecule has 2 rings (SSSR count). The Morgan fingerprint density at radius 2 is 1.76 bits per heavy atom. The molecular weight excluding hydrogens is 223 g/mol. The van der Waals surface area contributed by atoms with Crippen LogP contribution in [0.4, 0.5) is 4.39 Å². The van der Waals surface area contributed by atoms with Crippen LogP contribution in [-0.2, 0) is 0 Å². The number of rotatable bonds is 3. The van der Waals surface area contributed by atoms with Crippen molar-refractivity contribution in [2.24, 2.45) is 0 Å². The van der Waals surface area contributed by atoms with E-state index in [9.17, 15) is 9.50 Å². The minimum atomic E-state index is -0.971. The van der Waals surface area contributed by atoms with E-state index in [2.05, 4.69) is 9.97 Å². The van der Waals surface area contributed by atoms with Crippen molar-refractivity contribution in [2.45, 2.75) is 6.10 Å². The van der Waals surface area contributed by atoms with Crippen molar-refractivity contribution >= 4 is 0 Å². The van der Waals surface area contributed by atoms with Gasteiger partial charge in [-0.2, -0.15) is 0 Å². The molecule has 2 heterocycles. The second kappa shape index (κ2) is 4.88. The first kappa shape index (κ1) is 11.5. The van der Waals surface area contributed by atoms with Crippen LogP contribution in [-0.4, -0.2) is 22.2 Å². The number of ether oxygens (including phenoxy) is 1. The normalized spacial score (nSPS) is 12.2. The fourth-order valence-electron chi connectivity index (χ4n) is 1.47. The Labute approximate surface area is 97.7 Å². The van der Waals surface area contributed by atoms with E-state index in [4.69, 9.17) is 4.74 Å². The zero-order valence-electron chi connectivity index (χ0n) is 9.17. The first-order chi connectivity index (χ1) is 8.20. The molecule has 1 N–H and O–H groups in total. The molecule has 17 heavy (non-hydrogen) atoms. The molecule has 1 atom stereocenters. The highest BCUT2D eigenvalue weighted by molar-refractivity contribution is 5.31. The van der Waals surface area contributed by atoms with Crippen LogP contribution in [0.5, 0.6) is 5.75 Å². The monoisotopic (exact) mass is 234 g/mol. The number of aliphatic hydroxyl groups excluding tert-OH is 1. The molecule has 0 bridgehead atoms. The summed E-state index contributed by atoms with van der Waals surface area (Å²) in [6, 6.07) is 2.87. The van der Waals surface area contributed by atoms with Crippen LogP contribution in [0.25, 0.3) is 0 Å². The summed E-state index contributed by atoms with van der Waals surface area (Å²) in [5.41, 5.74) is 0.900. The van der Waals surface area contributed by atoms with E-state index in [0.29, 0.717) is 16.9 Å². The molecule has 0 aliphatic heterocycles. The highest BCUT2D eigenvalue weighted by Gasteiger charge is 2.12. The number of halogens is 1. The topological polar surface area (TPSA) is 55.2 Å². The van der Waals surface area contributed by atoms with Gasteiger partial charge in [-0.05, 0) is 12.1 Å². The molecule has 0 spiro atoms. The summed E-state index contributed by atoms with van der Waals surface area (Å²) >= 11 is 0. The van der Waals surface area contributed by atoms with Crippen molar-refractivity contribution in [2.75, 3.05) is 7.11 Å². The maximum Gasteiger partial charge on any atom is 0.141 e. The summed E-state index contributed by atoms with van der Waals surface area (Å²) < 4.78 is 18.0. The average Bonchev–Trinajstić information content (AvgIpc) is 2.38. The van der Waals surface area contributed by atoms with E-state index in [1.54, 1.807) is 6.07 Å². The zero-order chi connectivity index (χ0) is 12.3. The highest BCUT2D eigenvalue weighted by atomic mass is 19.1. The van der Waals surface area contributed by atoms with Gasteiger partial charge in [-0.25, -0.2) is 4.39 Å². The number of hydrogen-bond donors (Lipinski definition) is 1. The summed E-state index contributed by atoms with van der Waals surface area (Å²) in [6.07, 6.45) is 4.55. The summed E-state index contributed by atoms with van der Waals surface area (Å²) in [7, 11) is 1.51. The number of aliphatic hydroxyl groups is 1. The Hall–Kier alpha value is -2.01. The lowest BCUT2D eigenvalue weighted by Gasteiger charge is -2.11. The van der Waals surface area contributed by atoms with E-state index in [1.807, 2.05) is 0 Å². The molecule has 2 aromatic heterocycles. The van der Waals surface area contributed by atoms with Gasteiger partial charge in [0.2, 0.25) is 0 Å². The Bertz CT molecular complexity index is 519. The van der Waals surface area contributed by atoms with E-state index in [-0.39, 0.29) is 0 Å². The third-order valence-corrected chi connectivity index (χ3v) is 2.33. The van der Waals surface area contributed by atoms with Crippen LogP contribution in [0, 0.1) is 5.82 Å². The Kier molecular flexibility index (Phi) is 3.30. The molecule has 0 saturated carbocycles. The number of nitrogens with zero attached hydrogens (tertiary/aromatic N) is 2. The molecule has 0 radical (unpaired) electrons. The molecular formula is C12H11FN2O2. The molecule has 0 fully saturated rings. The fraction of sp³-hybridized carbons (Fsp3) is 0.167. The van der Waals surface area contributed by atoms with Gasteiger partial charge in [-0.1, -0.05) is 0 Å².